The molecule has 1 aromatic carbocycles. The van der Waals surface area contributed by atoms with E-state index in [1.807, 2.05) is 6.92 Å². The maximum absolute atomic E-state index is 11.8. The summed E-state index contributed by atoms with van der Waals surface area (Å²) in [5.41, 5.74) is 0.794. The fourth-order valence-corrected chi connectivity index (χ4v) is 2.94. The smallest absolute Gasteiger partial charge is 0.306 e. The molecule has 16 heavy (non-hydrogen) atoms. The van der Waals surface area contributed by atoms with Gasteiger partial charge in [-0.2, -0.15) is 0 Å². The third-order valence-corrected chi connectivity index (χ3v) is 4.24. The number of nitrogens with one attached hydrogen (secondary N) is 2. The number of rotatable bonds is 3. The maximum atomic E-state index is 11.8. The highest BCUT2D eigenvalue weighted by molar-refractivity contribution is 7.91. The number of hydrogen-bond donors (Lipinski definition) is 2. The van der Waals surface area contributed by atoms with Crippen LogP contribution in [-0.2, 0) is 9.84 Å². The van der Waals surface area contributed by atoms with Gasteiger partial charge in [0.1, 0.15) is 0 Å². The van der Waals surface area contributed by atoms with Crippen LogP contribution in [0.3, 0.4) is 0 Å². The van der Waals surface area contributed by atoms with Crippen LogP contribution in [0.1, 0.15) is 13.3 Å². The van der Waals surface area contributed by atoms with E-state index in [0.717, 1.165) is 0 Å². The van der Waals surface area contributed by atoms with Crippen LogP contribution in [0, 0.1) is 0 Å². The molecule has 1 heterocycles. The summed E-state index contributed by atoms with van der Waals surface area (Å²) >= 11 is 0. The lowest BCUT2D eigenvalue weighted by Crippen LogP contribution is -2.05. The molecular weight excluding hydrogens is 228 g/mol. The van der Waals surface area contributed by atoms with Crippen molar-refractivity contribution in [3.8, 4) is 0 Å². The van der Waals surface area contributed by atoms with Crippen LogP contribution < -0.4 is 5.69 Å². The third-order valence-electron chi connectivity index (χ3n) is 2.32. The average molecular weight is 240 g/mol. The molecule has 2 aromatic rings. The molecule has 0 amide bonds. The minimum atomic E-state index is -3.23. The first-order valence-corrected chi connectivity index (χ1v) is 6.63. The van der Waals surface area contributed by atoms with Crippen LogP contribution in [0.2, 0.25) is 0 Å². The molecule has 1 aromatic heterocycles. The molecule has 2 rings (SSSR count). The highest BCUT2D eigenvalue weighted by atomic mass is 32.2. The second-order valence-corrected chi connectivity index (χ2v) is 5.71. The van der Waals surface area contributed by atoms with Gasteiger partial charge in [-0.1, -0.05) is 6.92 Å². The molecule has 0 aliphatic rings. The summed E-state index contributed by atoms with van der Waals surface area (Å²) in [4.78, 5) is 16.4. The van der Waals surface area contributed by atoms with Gasteiger partial charge in [0.05, 0.1) is 21.7 Å². The Labute approximate surface area is 92.4 Å². The van der Waals surface area contributed by atoms with Gasteiger partial charge < -0.3 is 9.97 Å². The normalized spacial score (nSPS) is 12.1. The van der Waals surface area contributed by atoms with Crippen LogP contribution in [0.4, 0.5) is 0 Å². The summed E-state index contributed by atoms with van der Waals surface area (Å²) in [7, 11) is -3.23. The summed E-state index contributed by atoms with van der Waals surface area (Å²) in [6, 6.07) is 4.59. The van der Waals surface area contributed by atoms with E-state index in [0.29, 0.717) is 17.5 Å². The van der Waals surface area contributed by atoms with Crippen molar-refractivity contribution in [2.75, 3.05) is 5.75 Å². The fourth-order valence-electron chi connectivity index (χ4n) is 1.59. The molecule has 0 radical (unpaired) electrons. The fraction of sp³-hybridized carbons (Fsp3) is 0.300. The zero-order chi connectivity index (χ0) is 11.8. The number of imidazole rings is 1. The zero-order valence-electron chi connectivity index (χ0n) is 8.78. The van der Waals surface area contributed by atoms with Crippen molar-refractivity contribution in [3.05, 3.63) is 28.7 Å². The predicted molar refractivity (Wildman–Crippen MR) is 61.3 cm³/mol. The molecule has 0 unspecified atom stereocenters. The number of hydrogen-bond acceptors (Lipinski definition) is 3. The van der Waals surface area contributed by atoms with E-state index in [1.165, 1.54) is 12.1 Å². The molecule has 2 N–H and O–H groups in total. The first kappa shape index (κ1) is 10.9. The summed E-state index contributed by atoms with van der Waals surface area (Å²) in [5, 5.41) is 0. The van der Waals surface area contributed by atoms with Crippen LogP contribution in [0.15, 0.2) is 27.9 Å². The Kier molecular flexibility index (Phi) is 2.59. The minimum absolute atomic E-state index is 0.118. The molecule has 6 heteroatoms. The first-order chi connectivity index (χ1) is 7.53. The number of aromatic nitrogens is 2. The van der Waals surface area contributed by atoms with Gasteiger partial charge >= 0.3 is 5.69 Å². The van der Waals surface area contributed by atoms with E-state index in [9.17, 15) is 13.2 Å². The predicted octanol–water partition coefficient (Wildman–Crippen LogP) is 1.04. The monoisotopic (exact) mass is 240 g/mol. The molecule has 0 spiro atoms. The second-order valence-electron chi connectivity index (χ2n) is 3.61. The van der Waals surface area contributed by atoms with E-state index in [1.54, 1.807) is 6.07 Å². The van der Waals surface area contributed by atoms with E-state index in [4.69, 9.17) is 0 Å². The van der Waals surface area contributed by atoms with Gasteiger partial charge in [-0.05, 0) is 24.6 Å². The van der Waals surface area contributed by atoms with Crippen molar-refractivity contribution >= 4 is 20.9 Å². The van der Waals surface area contributed by atoms with Crippen LogP contribution in [-0.4, -0.2) is 24.1 Å². The highest BCUT2D eigenvalue weighted by Gasteiger charge is 2.13. The van der Waals surface area contributed by atoms with Crippen molar-refractivity contribution in [2.45, 2.75) is 18.2 Å². The van der Waals surface area contributed by atoms with Crippen LogP contribution in [0.25, 0.3) is 11.0 Å². The standard InChI is InChI=1S/C10H12N2O3S/c1-2-5-16(14,15)7-3-4-8-9(6-7)12-10(13)11-8/h3-4,6H,2,5H2,1H3,(H2,11,12,13). The topological polar surface area (TPSA) is 82.8 Å². The van der Waals surface area contributed by atoms with Crippen molar-refractivity contribution in [2.24, 2.45) is 0 Å². The lowest BCUT2D eigenvalue weighted by atomic mass is 10.3. The Balaban J connectivity index is 2.59. The highest BCUT2D eigenvalue weighted by Crippen LogP contribution is 2.16. The number of H-pyrrole nitrogens is 2. The van der Waals surface area contributed by atoms with E-state index in [2.05, 4.69) is 9.97 Å². The number of aromatic amines is 2. The van der Waals surface area contributed by atoms with Crippen molar-refractivity contribution in [1.29, 1.82) is 0 Å². The Hall–Kier alpha value is -1.56. The van der Waals surface area contributed by atoms with Gasteiger partial charge in [0.25, 0.3) is 0 Å². The summed E-state index contributed by atoms with van der Waals surface area (Å²) in [5.74, 6) is 0.118. The second kappa shape index (κ2) is 3.79. The van der Waals surface area contributed by atoms with E-state index in [-0.39, 0.29) is 16.3 Å². The largest absolute Gasteiger partial charge is 0.323 e. The van der Waals surface area contributed by atoms with Gasteiger partial charge in [0.15, 0.2) is 9.84 Å². The SMILES string of the molecule is CCCS(=O)(=O)c1ccc2[nH]c(=O)[nH]c2c1. The lowest BCUT2D eigenvalue weighted by molar-refractivity contribution is 0.595. The number of sulfone groups is 1. The molecule has 0 aliphatic carbocycles. The number of fused-ring (bicyclic) bond motifs is 1. The number of benzene rings is 1. The molecule has 0 saturated heterocycles. The molecular formula is C10H12N2O3S. The molecule has 0 fully saturated rings. The molecule has 0 bridgehead atoms. The van der Waals surface area contributed by atoms with Crippen LogP contribution in [0.5, 0.6) is 0 Å². The summed E-state index contributed by atoms with van der Waals surface area (Å²) < 4.78 is 23.6. The molecule has 0 aliphatic heterocycles. The van der Waals surface area contributed by atoms with Crippen molar-refractivity contribution in [1.82, 2.24) is 9.97 Å². The van der Waals surface area contributed by atoms with Gasteiger partial charge in [-0.3, -0.25) is 0 Å². The quantitative estimate of drug-likeness (QED) is 0.840. The molecule has 5 nitrogen and oxygen atoms in total. The summed E-state index contributed by atoms with van der Waals surface area (Å²) in [6.45, 7) is 1.81. The lowest BCUT2D eigenvalue weighted by Gasteiger charge is -2.01. The Morgan fingerprint density at radius 2 is 1.88 bits per heavy atom. The maximum Gasteiger partial charge on any atom is 0.323 e. The van der Waals surface area contributed by atoms with E-state index < -0.39 is 9.84 Å². The van der Waals surface area contributed by atoms with Gasteiger partial charge in [0.2, 0.25) is 0 Å². The minimum Gasteiger partial charge on any atom is -0.306 e. The van der Waals surface area contributed by atoms with Crippen LogP contribution >= 0.6 is 0 Å². The van der Waals surface area contributed by atoms with Gasteiger partial charge in [0, 0.05) is 0 Å². The first-order valence-electron chi connectivity index (χ1n) is 4.98. The third kappa shape index (κ3) is 1.88. The molecule has 0 atom stereocenters. The Bertz CT molecular complexity index is 667. The molecule has 86 valence electrons. The zero-order valence-corrected chi connectivity index (χ0v) is 9.60. The summed E-state index contributed by atoms with van der Waals surface area (Å²) in [6.07, 6.45) is 0.573. The van der Waals surface area contributed by atoms with E-state index >= 15 is 0 Å². The molecule has 0 saturated carbocycles. The Morgan fingerprint density at radius 1 is 1.19 bits per heavy atom. The van der Waals surface area contributed by atoms with Crippen molar-refractivity contribution in [3.63, 3.8) is 0 Å². The Morgan fingerprint density at radius 3 is 2.56 bits per heavy atom. The van der Waals surface area contributed by atoms with Gasteiger partial charge in [-0.15, -0.1) is 0 Å². The average Bonchev–Trinajstić information content (AvgIpc) is 2.56. The van der Waals surface area contributed by atoms with Gasteiger partial charge in [-0.25, -0.2) is 13.2 Å². The van der Waals surface area contributed by atoms with Crippen molar-refractivity contribution < 1.29 is 8.42 Å².